The minimum atomic E-state index is -0.938. The number of nitrogens with one attached hydrogen (secondary N) is 4. The highest BCUT2D eigenvalue weighted by Crippen LogP contribution is 2.19. The molecule has 2 aromatic rings. The summed E-state index contributed by atoms with van der Waals surface area (Å²) in [5.41, 5.74) is 1.75. The van der Waals surface area contributed by atoms with Gasteiger partial charge < -0.3 is 25.7 Å². The van der Waals surface area contributed by atoms with Crippen molar-refractivity contribution in [2.75, 3.05) is 13.2 Å². The lowest BCUT2D eigenvalue weighted by Crippen LogP contribution is -2.53. The number of carbonyl (C=O) groups is 4. The number of rotatable bonds is 9. The molecular weight excluding hydrogens is 376 g/mol. The molecular formula is C20H26N4O5. The van der Waals surface area contributed by atoms with Crippen LogP contribution in [-0.4, -0.2) is 53.9 Å². The van der Waals surface area contributed by atoms with E-state index in [0.29, 0.717) is 0 Å². The lowest BCUT2D eigenvalue weighted by molar-refractivity contribution is -0.143. The fourth-order valence-corrected chi connectivity index (χ4v) is 2.89. The third kappa shape index (κ3) is 6.34. The van der Waals surface area contributed by atoms with Gasteiger partial charge in [-0.05, 0) is 25.5 Å². The van der Waals surface area contributed by atoms with Gasteiger partial charge in [0.2, 0.25) is 17.7 Å². The monoisotopic (exact) mass is 402 g/mol. The number of carbonyl (C=O) groups excluding carboxylic acids is 4. The number of amides is 3. The zero-order valence-electron chi connectivity index (χ0n) is 16.7. The lowest BCUT2D eigenvalue weighted by Gasteiger charge is -2.21. The van der Waals surface area contributed by atoms with Gasteiger partial charge in [-0.1, -0.05) is 18.2 Å². The van der Waals surface area contributed by atoms with Crippen LogP contribution < -0.4 is 16.0 Å². The number of benzene rings is 1. The van der Waals surface area contributed by atoms with Crippen LogP contribution in [0.5, 0.6) is 0 Å². The Hall–Kier alpha value is -3.36. The van der Waals surface area contributed by atoms with Crippen LogP contribution in [0, 0.1) is 0 Å². The average molecular weight is 402 g/mol. The van der Waals surface area contributed by atoms with E-state index >= 15 is 0 Å². The number of aromatic nitrogens is 1. The Kier molecular flexibility index (Phi) is 7.76. The van der Waals surface area contributed by atoms with E-state index in [-0.39, 0.29) is 25.5 Å². The molecule has 0 spiro atoms. The maximum Gasteiger partial charge on any atom is 0.325 e. The molecule has 0 radical (unpaired) electrons. The van der Waals surface area contributed by atoms with E-state index in [4.69, 9.17) is 4.74 Å². The molecule has 0 aliphatic rings. The zero-order chi connectivity index (χ0) is 21.4. The van der Waals surface area contributed by atoms with Crippen molar-refractivity contribution in [1.29, 1.82) is 0 Å². The van der Waals surface area contributed by atoms with Crippen molar-refractivity contribution in [2.24, 2.45) is 0 Å². The molecule has 9 nitrogen and oxygen atoms in total. The first-order valence-electron chi connectivity index (χ1n) is 9.37. The molecule has 0 aliphatic heterocycles. The van der Waals surface area contributed by atoms with Gasteiger partial charge in [-0.15, -0.1) is 0 Å². The van der Waals surface area contributed by atoms with Gasteiger partial charge in [0.05, 0.1) is 6.61 Å². The second-order valence-corrected chi connectivity index (χ2v) is 6.57. The van der Waals surface area contributed by atoms with Gasteiger partial charge in [0.25, 0.3) is 0 Å². The van der Waals surface area contributed by atoms with E-state index in [1.165, 1.54) is 13.8 Å². The maximum absolute atomic E-state index is 12.7. The first kappa shape index (κ1) is 21.9. The van der Waals surface area contributed by atoms with Crippen molar-refractivity contribution in [3.05, 3.63) is 36.0 Å². The van der Waals surface area contributed by atoms with Crippen molar-refractivity contribution in [2.45, 2.75) is 39.3 Å². The Morgan fingerprint density at radius 1 is 1.10 bits per heavy atom. The number of H-pyrrole nitrogens is 1. The maximum atomic E-state index is 12.7. The van der Waals surface area contributed by atoms with E-state index in [0.717, 1.165) is 16.5 Å². The van der Waals surface area contributed by atoms with Crippen molar-refractivity contribution >= 4 is 34.6 Å². The van der Waals surface area contributed by atoms with Gasteiger partial charge in [0.1, 0.15) is 18.6 Å². The summed E-state index contributed by atoms with van der Waals surface area (Å²) in [5.74, 6) is -1.94. The Labute approximate surface area is 168 Å². The van der Waals surface area contributed by atoms with Crippen molar-refractivity contribution in [1.82, 2.24) is 20.9 Å². The van der Waals surface area contributed by atoms with Gasteiger partial charge in [0, 0.05) is 30.4 Å². The molecule has 1 aromatic carbocycles. The molecule has 0 saturated carbocycles. The minimum absolute atomic E-state index is 0.206. The zero-order valence-corrected chi connectivity index (χ0v) is 16.7. The number of fused-ring (bicyclic) bond motifs is 1. The second kappa shape index (κ2) is 10.3. The molecule has 1 heterocycles. The number of aromatic amines is 1. The van der Waals surface area contributed by atoms with E-state index in [2.05, 4.69) is 20.9 Å². The normalized spacial score (nSPS) is 12.7. The molecule has 0 fully saturated rings. The number of esters is 1. The first-order valence-corrected chi connectivity index (χ1v) is 9.37. The summed E-state index contributed by atoms with van der Waals surface area (Å²) in [5, 5.41) is 8.55. The van der Waals surface area contributed by atoms with E-state index in [9.17, 15) is 19.2 Å². The van der Waals surface area contributed by atoms with Crippen molar-refractivity contribution in [3.8, 4) is 0 Å². The molecule has 29 heavy (non-hydrogen) atoms. The topological polar surface area (TPSA) is 129 Å². The highest BCUT2D eigenvalue weighted by atomic mass is 16.5. The lowest BCUT2D eigenvalue weighted by atomic mass is 10.0. The summed E-state index contributed by atoms with van der Waals surface area (Å²) in [6.45, 7) is 4.41. The Bertz CT molecular complexity index is 892. The highest BCUT2D eigenvalue weighted by molar-refractivity contribution is 5.93. The molecule has 2 rings (SSSR count). The standard InChI is InChI=1S/C20H26N4O5/c1-4-29-18(26)11-22-20(28)17(24-19(27)12(2)23-13(3)25)9-14-10-21-16-8-6-5-7-15(14)16/h5-8,10,12,17,21H,4,9,11H2,1-3H3,(H,22,28)(H,23,25)(H,24,27)/t12-,17-/m0/s1. The summed E-state index contributed by atoms with van der Waals surface area (Å²) >= 11 is 0. The summed E-state index contributed by atoms with van der Waals surface area (Å²) in [7, 11) is 0. The predicted molar refractivity (Wildman–Crippen MR) is 107 cm³/mol. The van der Waals surface area contributed by atoms with Gasteiger partial charge >= 0.3 is 5.97 Å². The number of ether oxygens (including phenoxy) is 1. The van der Waals surface area contributed by atoms with Crippen LogP contribution in [0.25, 0.3) is 10.9 Å². The largest absolute Gasteiger partial charge is 0.465 e. The minimum Gasteiger partial charge on any atom is -0.465 e. The summed E-state index contributed by atoms with van der Waals surface area (Å²) in [6.07, 6.45) is 1.98. The molecule has 4 N–H and O–H groups in total. The van der Waals surface area contributed by atoms with E-state index < -0.39 is 29.9 Å². The van der Waals surface area contributed by atoms with Gasteiger partial charge in [-0.3, -0.25) is 19.2 Å². The quantitative estimate of drug-likeness (QED) is 0.451. The SMILES string of the molecule is CCOC(=O)CNC(=O)[C@H](Cc1c[nH]c2ccccc12)NC(=O)[C@H](C)NC(C)=O. The average Bonchev–Trinajstić information content (AvgIpc) is 3.08. The van der Waals surface area contributed by atoms with Crippen LogP contribution in [0.4, 0.5) is 0 Å². The van der Waals surface area contributed by atoms with Gasteiger partial charge in [0.15, 0.2) is 0 Å². The highest BCUT2D eigenvalue weighted by Gasteiger charge is 2.25. The number of hydrogen-bond acceptors (Lipinski definition) is 5. The number of para-hydroxylation sites is 1. The van der Waals surface area contributed by atoms with Crippen molar-refractivity contribution in [3.63, 3.8) is 0 Å². The molecule has 0 bridgehead atoms. The van der Waals surface area contributed by atoms with Gasteiger partial charge in [-0.2, -0.15) is 0 Å². The first-order chi connectivity index (χ1) is 13.8. The van der Waals surface area contributed by atoms with Crippen LogP contribution in [0.2, 0.25) is 0 Å². The predicted octanol–water partition coefficient (Wildman–Crippen LogP) is 0.399. The molecule has 0 saturated heterocycles. The molecule has 2 atom stereocenters. The van der Waals surface area contributed by atoms with Crippen LogP contribution in [0.1, 0.15) is 26.3 Å². The smallest absolute Gasteiger partial charge is 0.325 e. The Morgan fingerprint density at radius 2 is 1.83 bits per heavy atom. The Balaban J connectivity index is 2.15. The summed E-state index contributed by atoms with van der Waals surface area (Å²) < 4.78 is 4.81. The van der Waals surface area contributed by atoms with E-state index in [1.54, 1.807) is 13.1 Å². The summed E-state index contributed by atoms with van der Waals surface area (Å²) in [4.78, 5) is 50.9. The molecule has 0 unspecified atom stereocenters. The van der Waals surface area contributed by atoms with Crippen LogP contribution in [0.3, 0.4) is 0 Å². The molecule has 9 heteroatoms. The number of hydrogen-bond donors (Lipinski definition) is 4. The molecule has 156 valence electrons. The molecule has 0 aliphatic carbocycles. The molecule has 3 amide bonds. The fourth-order valence-electron chi connectivity index (χ4n) is 2.89. The summed E-state index contributed by atoms with van der Waals surface area (Å²) in [6, 6.07) is 5.85. The second-order valence-electron chi connectivity index (χ2n) is 6.57. The third-order valence-electron chi connectivity index (χ3n) is 4.26. The van der Waals surface area contributed by atoms with Gasteiger partial charge in [-0.25, -0.2) is 0 Å². The van der Waals surface area contributed by atoms with Crippen LogP contribution in [-0.2, 0) is 30.3 Å². The van der Waals surface area contributed by atoms with Crippen molar-refractivity contribution < 1.29 is 23.9 Å². The van der Waals surface area contributed by atoms with Crippen LogP contribution >= 0.6 is 0 Å². The Morgan fingerprint density at radius 3 is 2.52 bits per heavy atom. The third-order valence-corrected chi connectivity index (χ3v) is 4.26. The molecule has 1 aromatic heterocycles. The van der Waals surface area contributed by atoms with Crippen LogP contribution in [0.15, 0.2) is 30.5 Å². The fraction of sp³-hybridized carbons (Fsp3) is 0.400. The van der Waals surface area contributed by atoms with E-state index in [1.807, 2.05) is 24.3 Å².